The number of hydrogen-bond acceptors (Lipinski definition) is 6. The van der Waals surface area contributed by atoms with Crippen molar-refractivity contribution in [2.24, 2.45) is 5.10 Å². The number of ether oxygens (including phenoxy) is 1. The van der Waals surface area contributed by atoms with Crippen molar-refractivity contribution in [3.8, 4) is 11.5 Å². The van der Waals surface area contributed by atoms with Crippen LogP contribution in [-0.4, -0.2) is 49.6 Å². The molecular weight excluding hydrogens is 394 g/mol. The highest BCUT2D eigenvalue weighted by Gasteiger charge is 2.22. The van der Waals surface area contributed by atoms with E-state index < -0.39 is 15.9 Å². The van der Waals surface area contributed by atoms with Crippen LogP contribution in [0.15, 0.2) is 52.5 Å². The van der Waals surface area contributed by atoms with Gasteiger partial charge in [-0.2, -0.15) is 9.41 Å². The van der Waals surface area contributed by atoms with Crippen LogP contribution >= 0.6 is 0 Å². The zero-order valence-electron chi connectivity index (χ0n) is 16.6. The predicted molar refractivity (Wildman–Crippen MR) is 111 cm³/mol. The molecule has 0 aliphatic carbocycles. The lowest BCUT2D eigenvalue weighted by atomic mass is 10.2. The molecule has 1 amide bonds. The number of benzene rings is 2. The van der Waals surface area contributed by atoms with Gasteiger partial charge in [-0.15, -0.1) is 0 Å². The van der Waals surface area contributed by atoms with Gasteiger partial charge in [-0.05, 0) is 37.3 Å². The highest BCUT2D eigenvalue weighted by atomic mass is 32.2. The fourth-order valence-electron chi connectivity index (χ4n) is 2.65. The summed E-state index contributed by atoms with van der Waals surface area (Å²) in [7, 11) is -3.67. The molecule has 0 saturated carbocycles. The first-order valence-electron chi connectivity index (χ1n) is 9.23. The number of para-hydroxylation sites is 1. The van der Waals surface area contributed by atoms with Gasteiger partial charge >= 0.3 is 0 Å². The number of phenols is 1. The topological polar surface area (TPSA) is 108 Å². The van der Waals surface area contributed by atoms with Gasteiger partial charge < -0.3 is 9.84 Å². The number of hydrazone groups is 1. The Morgan fingerprint density at radius 3 is 2.52 bits per heavy atom. The number of nitrogens with one attached hydrogen (secondary N) is 1. The van der Waals surface area contributed by atoms with Gasteiger partial charge in [0, 0.05) is 24.2 Å². The minimum Gasteiger partial charge on any atom is -0.504 e. The van der Waals surface area contributed by atoms with E-state index in [0.717, 1.165) is 0 Å². The molecule has 0 aromatic heterocycles. The molecule has 9 heteroatoms. The van der Waals surface area contributed by atoms with Crippen LogP contribution in [0.4, 0.5) is 0 Å². The largest absolute Gasteiger partial charge is 0.504 e. The van der Waals surface area contributed by atoms with Gasteiger partial charge in [-0.3, -0.25) is 4.79 Å². The summed E-state index contributed by atoms with van der Waals surface area (Å²) in [6.45, 7) is 6.38. The summed E-state index contributed by atoms with van der Waals surface area (Å²) in [5, 5.41) is 14.0. The summed E-state index contributed by atoms with van der Waals surface area (Å²) in [6.07, 6.45) is 1.28. The fourth-order valence-corrected chi connectivity index (χ4v) is 4.16. The number of hydrogen-bond donors (Lipinski definition) is 2. The molecule has 2 aromatic rings. The van der Waals surface area contributed by atoms with E-state index in [9.17, 15) is 18.3 Å². The molecule has 0 aliphatic rings. The Morgan fingerprint density at radius 1 is 1.17 bits per heavy atom. The predicted octanol–water partition coefficient (Wildman–Crippen LogP) is 2.59. The molecule has 2 N–H and O–H groups in total. The third-order valence-electron chi connectivity index (χ3n) is 4.14. The second kappa shape index (κ2) is 10.0. The molecule has 156 valence electrons. The zero-order valence-corrected chi connectivity index (χ0v) is 17.4. The van der Waals surface area contributed by atoms with Crippen molar-refractivity contribution in [3.63, 3.8) is 0 Å². The van der Waals surface area contributed by atoms with Crippen LogP contribution < -0.4 is 10.2 Å². The van der Waals surface area contributed by atoms with E-state index >= 15 is 0 Å². The second-order valence-corrected chi connectivity index (χ2v) is 7.88. The van der Waals surface area contributed by atoms with Crippen LogP contribution in [0.3, 0.4) is 0 Å². The summed E-state index contributed by atoms with van der Waals surface area (Å²) < 4.78 is 31.8. The van der Waals surface area contributed by atoms with Crippen molar-refractivity contribution in [3.05, 3.63) is 53.6 Å². The maximum atomic E-state index is 12.6. The van der Waals surface area contributed by atoms with Crippen molar-refractivity contribution in [2.45, 2.75) is 25.7 Å². The van der Waals surface area contributed by atoms with E-state index in [4.69, 9.17) is 4.74 Å². The van der Waals surface area contributed by atoms with E-state index in [1.165, 1.54) is 34.8 Å². The lowest BCUT2D eigenvalue weighted by molar-refractivity contribution is 0.0955. The van der Waals surface area contributed by atoms with Crippen molar-refractivity contribution < 1.29 is 23.1 Å². The average molecular weight is 420 g/mol. The number of aromatic hydroxyl groups is 1. The smallest absolute Gasteiger partial charge is 0.271 e. The van der Waals surface area contributed by atoms with Gasteiger partial charge in [0.1, 0.15) is 0 Å². The Balaban J connectivity index is 2.17. The van der Waals surface area contributed by atoms with Crippen molar-refractivity contribution >= 4 is 22.1 Å². The third kappa shape index (κ3) is 5.33. The molecule has 0 saturated heterocycles. The maximum absolute atomic E-state index is 12.6. The minimum absolute atomic E-state index is 0.0416. The van der Waals surface area contributed by atoms with Gasteiger partial charge in [-0.1, -0.05) is 26.0 Å². The molecule has 29 heavy (non-hydrogen) atoms. The molecule has 0 bridgehead atoms. The SMILES string of the molecule is CCOc1cccc(C=NNC(=O)c2cccc(S(=O)(=O)N(CC)CC)c2)c1O. The molecule has 0 fully saturated rings. The second-order valence-electron chi connectivity index (χ2n) is 5.94. The standard InChI is InChI=1S/C20H25N3O5S/c1-4-23(5-2)29(26,27)17-11-7-9-15(13-17)20(25)22-21-14-16-10-8-12-18(19(16)24)28-6-3/h7-14,24H,4-6H2,1-3H3,(H,22,25). The van der Waals surface area contributed by atoms with Gasteiger partial charge in [0.2, 0.25) is 10.0 Å². The number of phenolic OH excluding ortho intramolecular Hbond substituents is 1. The number of rotatable bonds is 9. The van der Waals surface area contributed by atoms with Crippen molar-refractivity contribution in [2.75, 3.05) is 19.7 Å². The van der Waals surface area contributed by atoms with Crippen LogP contribution in [0.2, 0.25) is 0 Å². The lowest BCUT2D eigenvalue weighted by Crippen LogP contribution is -2.30. The molecule has 2 aromatic carbocycles. The van der Waals surface area contributed by atoms with Crippen LogP contribution in [0.1, 0.15) is 36.7 Å². The van der Waals surface area contributed by atoms with Crippen molar-refractivity contribution in [1.82, 2.24) is 9.73 Å². The number of amides is 1. The number of carbonyl (C=O) groups is 1. The summed E-state index contributed by atoms with van der Waals surface area (Å²) in [4.78, 5) is 12.4. The number of carbonyl (C=O) groups excluding carboxylic acids is 1. The fraction of sp³-hybridized carbons (Fsp3) is 0.300. The Kier molecular flexibility index (Phi) is 7.74. The number of nitrogens with zero attached hydrogens (tertiary/aromatic N) is 2. The summed E-state index contributed by atoms with van der Waals surface area (Å²) in [5.41, 5.74) is 2.86. The van der Waals surface area contributed by atoms with Gasteiger partial charge in [0.25, 0.3) is 5.91 Å². The summed E-state index contributed by atoms with van der Waals surface area (Å²) in [5.74, 6) is -0.338. The number of sulfonamides is 1. The third-order valence-corrected chi connectivity index (χ3v) is 6.19. The summed E-state index contributed by atoms with van der Waals surface area (Å²) in [6, 6.07) is 10.7. The van der Waals surface area contributed by atoms with Crippen LogP contribution in [-0.2, 0) is 10.0 Å². The monoisotopic (exact) mass is 419 g/mol. The molecule has 2 rings (SSSR count). The highest BCUT2D eigenvalue weighted by molar-refractivity contribution is 7.89. The van der Waals surface area contributed by atoms with Gasteiger partial charge in [-0.25, -0.2) is 13.8 Å². The first-order chi connectivity index (χ1) is 13.8. The molecule has 0 aliphatic heterocycles. The molecule has 0 unspecified atom stereocenters. The summed E-state index contributed by atoms with van der Waals surface area (Å²) >= 11 is 0. The first kappa shape index (κ1) is 22.4. The Bertz CT molecular complexity index is 985. The minimum atomic E-state index is -3.67. The van der Waals surface area contributed by atoms with E-state index in [1.807, 2.05) is 0 Å². The Labute approximate surface area is 170 Å². The molecule has 0 heterocycles. The van der Waals surface area contributed by atoms with Crippen molar-refractivity contribution in [1.29, 1.82) is 0 Å². The first-order valence-corrected chi connectivity index (χ1v) is 10.7. The Hall–Kier alpha value is -2.91. The molecular formula is C20H25N3O5S. The molecule has 0 radical (unpaired) electrons. The maximum Gasteiger partial charge on any atom is 0.271 e. The molecule has 8 nitrogen and oxygen atoms in total. The van der Waals surface area contributed by atoms with Crippen LogP contribution in [0, 0.1) is 0 Å². The van der Waals surface area contributed by atoms with Gasteiger partial charge in [0.15, 0.2) is 11.5 Å². The van der Waals surface area contributed by atoms with E-state index in [1.54, 1.807) is 39.0 Å². The van der Waals surface area contributed by atoms with Crippen LogP contribution in [0.5, 0.6) is 11.5 Å². The van der Waals surface area contributed by atoms with E-state index in [-0.39, 0.29) is 16.2 Å². The zero-order chi connectivity index (χ0) is 21.4. The molecule has 0 spiro atoms. The van der Waals surface area contributed by atoms with E-state index in [0.29, 0.717) is 31.0 Å². The van der Waals surface area contributed by atoms with Gasteiger partial charge in [0.05, 0.1) is 17.7 Å². The van der Waals surface area contributed by atoms with Crippen LogP contribution in [0.25, 0.3) is 0 Å². The Morgan fingerprint density at radius 2 is 1.86 bits per heavy atom. The lowest BCUT2D eigenvalue weighted by Gasteiger charge is -2.18. The average Bonchev–Trinajstić information content (AvgIpc) is 2.71. The highest BCUT2D eigenvalue weighted by Crippen LogP contribution is 2.28. The quantitative estimate of drug-likeness (QED) is 0.480. The normalized spacial score (nSPS) is 11.7. The molecule has 0 atom stereocenters. The van der Waals surface area contributed by atoms with E-state index in [2.05, 4.69) is 10.5 Å².